The van der Waals surface area contributed by atoms with Gasteiger partial charge in [0.15, 0.2) is 0 Å². The van der Waals surface area contributed by atoms with E-state index in [9.17, 15) is 0 Å². The van der Waals surface area contributed by atoms with Crippen molar-refractivity contribution in [1.29, 1.82) is 0 Å². The summed E-state index contributed by atoms with van der Waals surface area (Å²) in [5, 5.41) is 7.60. The molecule has 0 heteroatoms. The maximum atomic E-state index is 2.28. The van der Waals surface area contributed by atoms with Gasteiger partial charge >= 0.3 is 0 Å². The molecule has 23 heavy (non-hydrogen) atoms. The normalized spacial score (nSPS) is 10.8. The average Bonchev–Trinajstić information content (AvgIpc) is 2.56. The third kappa shape index (κ3) is 2.76. The van der Waals surface area contributed by atoms with Crippen molar-refractivity contribution in [3.05, 3.63) is 96.6 Å². The third-order valence-corrected chi connectivity index (χ3v) is 4.27. The van der Waals surface area contributed by atoms with E-state index < -0.39 is 0 Å². The maximum absolute atomic E-state index is 2.28. The number of benzene rings is 3. The Bertz CT molecular complexity index is 1070. The van der Waals surface area contributed by atoms with Gasteiger partial charge in [0.25, 0.3) is 0 Å². The molecular weight excluding hydrogens is 276 g/mol. The zero-order valence-corrected chi connectivity index (χ0v) is 13.2. The second kappa shape index (κ2) is 5.73. The van der Waals surface area contributed by atoms with E-state index in [0.29, 0.717) is 0 Å². The average molecular weight is 294 g/mol. The lowest BCUT2D eigenvalue weighted by atomic mass is 10.0. The Morgan fingerprint density at radius 3 is 1.48 bits per heavy atom. The fourth-order valence-electron chi connectivity index (χ4n) is 3.13. The molecular formula is C23H18. The number of aryl methyl sites for hydroxylation is 1. The van der Waals surface area contributed by atoms with Crippen molar-refractivity contribution >= 4 is 32.3 Å². The highest BCUT2D eigenvalue weighted by Gasteiger charge is 1.96. The smallest absolute Gasteiger partial charge is 0.0175 e. The monoisotopic (exact) mass is 294 g/mol. The molecule has 0 bridgehead atoms. The molecule has 0 N–H and O–H groups in total. The summed E-state index contributed by atoms with van der Waals surface area (Å²) in [6.45, 7) is 2.17. The van der Waals surface area contributed by atoms with Crippen molar-refractivity contribution in [3.8, 4) is 0 Å². The first-order valence-electron chi connectivity index (χ1n) is 7.96. The van der Waals surface area contributed by atoms with Gasteiger partial charge in [0.05, 0.1) is 0 Å². The van der Waals surface area contributed by atoms with Gasteiger partial charge in [-0.05, 0) is 56.9 Å². The lowest BCUT2D eigenvalue weighted by molar-refractivity contribution is 1.53. The number of hydrogen-bond donors (Lipinski definition) is 0. The van der Waals surface area contributed by atoms with Gasteiger partial charge in [-0.15, -0.1) is 0 Å². The van der Waals surface area contributed by atoms with Gasteiger partial charge in [0.2, 0.25) is 0 Å². The SMILES string of the molecule is Cc1cc2ccccc2cccc2cc3ccccc3cc2c1. The van der Waals surface area contributed by atoms with Crippen LogP contribution in [0.5, 0.6) is 0 Å². The van der Waals surface area contributed by atoms with E-state index in [1.165, 1.54) is 37.9 Å². The highest BCUT2D eigenvalue weighted by atomic mass is 14.0. The van der Waals surface area contributed by atoms with Gasteiger partial charge in [-0.1, -0.05) is 78.9 Å². The Balaban J connectivity index is 2.14. The van der Waals surface area contributed by atoms with Gasteiger partial charge in [0.1, 0.15) is 0 Å². The van der Waals surface area contributed by atoms with E-state index in [4.69, 9.17) is 0 Å². The third-order valence-electron chi connectivity index (χ3n) is 4.27. The van der Waals surface area contributed by atoms with Crippen molar-refractivity contribution in [2.24, 2.45) is 0 Å². The Morgan fingerprint density at radius 2 is 0.783 bits per heavy atom. The molecule has 0 fully saturated rings. The minimum absolute atomic E-state index is 1.25. The predicted molar refractivity (Wildman–Crippen MR) is 101 cm³/mol. The highest BCUT2D eigenvalue weighted by molar-refractivity contribution is 5.98. The fourth-order valence-corrected chi connectivity index (χ4v) is 3.13. The standard InChI is InChI=1S/C23H18/c1-17-13-19-8-3-2-7-18(19)11-6-12-22-15-20-9-4-5-10-21(20)16-23(22)14-17/h2-16H,1H3. The number of hydrogen-bond acceptors (Lipinski definition) is 0. The van der Waals surface area contributed by atoms with Gasteiger partial charge in [-0.25, -0.2) is 0 Å². The molecule has 4 aromatic carbocycles. The molecule has 0 spiro atoms. The quantitative estimate of drug-likeness (QED) is 0.343. The Hall–Kier alpha value is -2.86. The predicted octanol–water partition coefficient (Wildman–Crippen LogP) is 6.58. The molecule has 0 aromatic heterocycles. The molecule has 0 unspecified atom stereocenters. The number of fused-ring (bicyclic) bond motifs is 3. The molecule has 0 atom stereocenters. The molecule has 4 rings (SSSR count). The van der Waals surface area contributed by atoms with Gasteiger partial charge < -0.3 is 0 Å². The molecule has 0 amide bonds. The first kappa shape index (κ1) is 13.8. The molecule has 0 heterocycles. The molecule has 0 saturated carbocycles. The van der Waals surface area contributed by atoms with Crippen LogP contribution in [0.3, 0.4) is 0 Å². The van der Waals surface area contributed by atoms with Crippen LogP contribution in [0.1, 0.15) is 5.56 Å². The second-order valence-corrected chi connectivity index (χ2v) is 6.02. The van der Waals surface area contributed by atoms with E-state index in [0.717, 1.165) is 0 Å². The maximum Gasteiger partial charge on any atom is -0.0175 e. The van der Waals surface area contributed by atoms with Gasteiger partial charge in [0, 0.05) is 0 Å². The van der Waals surface area contributed by atoms with E-state index >= 15 is 0 Å². The molecule has 0 saturated heterocycles. The summed E-state index contributed by atoms with van der Waals surface area (Å²) < 4.78 is 0. The van der Waals surface area contributed by atoms with Crippen LogP contribution in [0.4, 0.5) is 0 Å². The highest BCUT2D eigenvalue weighted by Crippen LogP contribution is 2.22. The minimum atomic E-state index is 1.25. The summed E-state index contributed by atoms with van der Waals surface area (Å²) >= 11 is 0. The van der Waals surface area contributed by atoms with Crippen molar-refractivity contribution < 1.29 is 0 Å². The Kier molecular flexibility index (Phi) is 3.44. The van der Waals surface area contributed by atoms with E-state index in [1.807, 2.05) is 0 Å². The minimum Gasteiger partial charge on any atom is -0.0616 e. The summed E-state index contributed by atoms with van der Waals surface area (Å²) in [4.78, 5) is 0. The largest absolute Gasteiger partial charge is 0.0616 e. The van der Waals surface area contributed by atoms with Crippen molar-refractivity contribution in [1.82, 2.24) is 0 Å². The van der Waals surface area contributed by atoms with E-state index in [1.54, 1.807) is 0 Å². The van der Waals surface area contributed by atoms with Crippen LogP contribution in [-0.4, -0.2) is 0 Å². The van der Waals surface area contributed by atoms with Crippen LogP contribution in [0, 0.1) is 6.92 Å². The van der Waals surface area contributed by atoms with Crippen LogP contribution in [0.15, 0.2) is 91.0 Å². The molecule has 110 valence electrons. The van der Waals surface area contributed by atoms with Crippen LogP contribution in [-0.2, 0) is 0 Å². The van der Waals surface area contributed by atoms with Crippen LogP contribution in [0.25, 0.3) is 32.3 Å². The molecule has 0 aliphatic carbocycles. The summed E-state index contributed by atoms with van der Waals surface area (Å²) in [5.74, 6) is 0. The molecule has 4 aromatic rings. The zero-order chi connectivity index (χ0) is 15.6. The number of rotatable bonds is 0. The van der Waals surface area contributed by atoms with Crippen molar-refractivity contribution in [2.45, 2.75) is 6.92 Å². The zero-order valence-electron chi connectivity index (χ0n) is 13.2. The Labute approximate surface area is 136 Å². The Morgan fingerprint density at radius 1 is 0.391 bits per heavy atom. The van der Waals surface area contributed by atoms with Crippen LogP contribution in [0.2, 0.25) is 0 Å². The van der Waals surface area contributed by atoms with Crippen molar-refractivity contribution in [3.63, 3.8) is 0 Å². The van der Waals surface area contributed by atoms with Gasteiger partial charge in [-0.2, -0.15) is 0 Å². The second-order valence-electron chi connectivity index (χ2n) is 6.02. The molecule has 0 aliphatic heterocycles. The summed E-state index contributed by atoms with van der Waals surface area (Å²) in [6.07, 6.45) is 0. The first-order valence-corrected chi connectivity index (χ1v) is 7.96. The molecule has 0 radical (unpaired) electrons. The van der Waals surface area contributed by atoms with Crippen molar-refractivity contribution in [2.75, 3.05) is 0 Å². The van der Waals surface area contributed by atoms with E-state index in [-0.39, 0.29) is 0 Å². The first-order chi connectivity index (χ1) is 11.3. The van der Waals surface area contributed by atoms with Crippen LogP contribution >= 0.6 is 0 Å². The summed E-state index contributed by atoms with van der Waals surface area (Å²) in [5.41, 5.74) is 1.26. The molecule has 0 aliphatic rings. The van der Waals surface area contributed by atoms with Crippen LogP contribution < -0.4 is 0 Å². The molecule has 0 nitrogen and oxygen atoms in total. The summed E-state index contributed by atoms with van der Waals surface area (Å²) in [6, 6.07) is 32.6. The van der Waals surface area contributed by atoms with Gasteiger partial charge in [-0.3, -0.25) is 0 Å². The summed E-state index contributed by atoms with van der Waals surface area (Å²) in [7, 11) is 0. The lowest BCUT2D eigenvalue weighted by Crippen LogP contribution is -1.76. The fraction of sp³-hybridized carbons (Fsp3) is 0.0435. The topological polar surface area (TPSA) is 0 Å². The van der Waals surface area contributed by atoms with E-state index in [2.05, 4.69) is 97.9 Å². The lowest BCUT2D eigenvalue weighted by Gasteiger charge is -2.01.